The molecule has 0 aromatic carbocycles. The molecule has 2 rings (SSSR count). The number of nitrogens with one attached hydrogen (secondary N) is 1. The summed E-state index contributed by atoms with van der Waals surface area (Å²) in [7, 11) is 1.45. The van der Waals surface area contributed by atoms with Crippen LogP contribution in [0.15, 0.2) is 30.6 Å². The number of carbonyl (C=O) groups is 1. The molecule has 0 spiro atoms. The van der Waals surface area contributed by atoms with Crippen LogP contribution in [-0.2, 0) is 6.54 Å². The highest BCUT2D eigenvalue weighted by Gasteiger charge is 2.07. The zero-order valence-electron chi connectivity index (χ0n) is 10.6. The van der Waals surface area contributed by atoms with Gasteiger partial charge in [-0.1, -0.05) is 0 Å². The molecule has 2 aromatic rings. The van der Waals surface area contributed by atoms with E-state index in [1.807, 2.05) is 0 Å². The lowest BCUT2D eigenvalue weighted by molar-refractivity contribution is 0.0696. The second-order valence-corrected chi connectivity index (χ2v) is 3.91. The highest BCUT2D eigenvalue weighted by molar-refractivity contribution is 5.87. The molecule has 0 aliphatic heterocycles. The van der Waals surface area contributed by atoms with Crippen LogP contribution in [0.25, 0.3) is 0 Å². The Balaban J connectivity index is 2.08. The lowest BCUT2D eigenvalue weighted by atomic mass is 10.2. The van der Waals surface area contributed by atoms with Gasteiger partial charge in [-0.3, -0.25) is 0 Å². The van der Waals surface area contributed by atoms with Gasteiger partial charge in [-0.2, -0.15) is 0 Å². The van der Waals surface area contributed by atoms with Gasteiger partial charge in [-0.15, -0.1) is 0 Å². The number of halogens is 1. The van der Waals surface area contributed by atoms with Crippen LogP contribution in [0.4, 0.5) is 10.2 Å². The van der Waals surface area contributed by atoms with Crippen molar-refractivity contribution in [3.05, 3.63) is 47.5 Å². The maximum absolute atomic E-state index is 13.1. The molecule has 6 nitrogen and oxygen atoms in total. The standard InChI is InChI=1S/C13H12FN3O3/c1-20-12-9(4-10(14)7-17-12)6-16-11-3-2-8(5-15-11)13(18)19/h2-5,7H,6H2,1H3,(H,15,16)(H,18,19). The van der Waals surface area contributed by atoms with Gasteiger partial charge in [0, 0.05) is 18.3 Å². The largest absolute Gasteiger partial charge is 0.481 e. The van der Waals surface area contributed by atoms with E-state index in [1.54, 1.807) is 0 Å². The van der Waals surface area contributed by atoms with Gasteiger partial charge >= 0.3 is 5.97 Å². The van der Waals surface area contributed by atoms with E-state index in [0.29, 0.717) is 17.3 Å². The van der Waals surface area contributed by atoms with E-state index in [1.165, 1.54) is 31.5 Å². The fraction of sp³-hybridized carbons (Fsp3) is 0.154. The molecule has 7 heteroatoms. The summed E-state index contributed by atoms with van der Waals surface area (Å²) in [5, 5.41) is 11.7. The van der Waals surface area contributed by atoms with Gasteiger partial charge in [0.25, 0.3) is 0 Å². The number of anilines is 1. The normalized spacial score (nSPS) is 10.1. The van der Waals surface area contributed by atoms with Crippen LogP contribution in [0.2, 0.25) is 0 Å². The van der Waals surface area contributed by atoms with Crippen molar-refractivity contribution >= 4 is 11.8 Å². The molecule has 0 amide bonds. The zero-order chi connectivity index (χ0) is 14.5. The smallest absolute Gasteiger partial charge is 0.337 e. The summed E-state index contributed by atoms with van der Waals surface area (Å²) >= 11 is 0. The molecular formula is C13H12FN3O3. The van der Waals surface area contributed by atoms with Gasteiger partial charge in [-0.25, -0.2) is 19.2 Å². The van der Waals surface area contributed by atoms with Crippen molar-refractivity contribution in [2.45, 2.75) is 6.54 Å². The van der Waals surface area contributed by atoms with Crippen molar-refractivity contribution in [2.24, 2.45) is 0 Å². The minimum absolute atomic E-state index is 0.0977. The van der Waals surface area contributed by atoms with E-state index >= 15 is 0 Å². The number of pyridine rings is 2. The predicted octanol–water partition coefficient (Wildman–Crippen LogP) is 1.93. The minimum atomic E-state index is -1.04. The molecule has 104 valence electrons. The molecular weight excluding hydrogens is 265 g/mol. The summed E-state index contributed by atoms with van der Waals surface area (Å²) in [6.45, 7) is 0.257. The Morgan fingerprint density at radius 2 is 2.20 bits per heavy atom. The monoisotopic (exact) mass is 277 g/mol. The molecule has 0 aliphatic carbocycles. The van der Waals surface area contributed by atoms with E-state index < -0.39 is 11.8 Å². The number of methoxy groups -OCH3 is 1. The van der Waals surface area contributed by atoms with Crippen LogP contribution >= 0.6 is 0 Å². The van der Waals surface area contributed by atoms with Gasteiger partial charge in [0.2, 0.25) is 5.88 Å². The number of carboxylic acid groups (broad SMARTS) is 1. The quantitative estimate of drug-likeness (QED) is 0.868. The first-order valence-corrected chi connectivity index (χ1v) is 5.72. The Hall–Kier alpha value is -2.70. The van der Waals surface area contributed by atoms with Crippen LogP contribution in [0.5, 0.6) is 5.88 Å². The van der Waals surface area contributed by atoms with Gasteiger partial charge in [0.1, 0.15) is 11.6 Å². The van der Waals surface area contributed by atoms with E-state index in [2.05, 4.69) is 15.3 Å². The molecule has 0 radical (unpaired) electrons. The van der Waals surface area contributed by atoms with Crippen molar-refractivity contribution < 1.29 is 19.0 Å². The maximum atomic E-state index is 13.1. The lowest BCUT2D eigenvalue weighted by Crippen LogP contribution is -2.05. The maximum Gasteiger partial charge on any atom is 0.337 e. The Morgan fingerprint density at radius 3 is 2.80 bits per heavy atom. The first-order valence-electron chi connectivity index (χ1n) is 5.72. The van der Waals surface area contributed by atoms with Gasteiger partial charge in [0.15, 0.2) is 0 Å². The Bertz CT molecular complexity index is 617. The topological polar surface area (TPSA) is 84.3 Å². The van der Waals surface area contributed by atoms with Gasteiger partial charge in [-0.05, 0) is 18.2 Å². The average Bonchev–Trinajstić information content (AvgIpc) is 2.45. The van der Waals surface area contributed by atoms with Crippen LogP contribution in [0.1, 0.15) is 15.9 Å². The van der Waals surface area contributed by atoms with E-state index in [-0.39, 0.29) is 12.1 Å². The van der Waals surface area contributed by atoms with Crippen LogP contribution in [0, 0.1) is 5.82 Å². The van der Waals surface area contributed by atoms with E-state index in [9.17, 15) is 9.18 Å². The average molecular weight is 277 g/mol. The second-order valence-electron chi connectivity index (χ2n) is 3.91. The number of hydrogen-bond acceptors (Lipinski definition) is 5. The third-order valence-electron chi connectivity index (χ3n) is 2.56. The third kappa shape index (κ3) is 3.19. The zero-order valence-corrected chi connectivity index (χ0v) is 10.6. The number of aromatic carboxylic acids is 1. The molecule has 0 aliphatic rings. The molecule has 0 bridgehead atoms. The van der Waals surface area contributed by atoms with Crippen LogP contribution in [0.3, 0.4) is 0 Å². The molecule has 0 fully saturated rings. The molecule has 0 saturated heterocycles. The number of rotatable bonds is 5. The molecule has 0 atom stereocenters. The summed E-state index contributed by atoms with van der Waals surface area (Å²) < 4.78 is 18.1. The first kappa shape index (κ1) is 13.7. The molecule has 2 N–H and O–H groups in total. The molecule has 20 heavy (non-hydrogen) atoms. The minimum Gasteiger partial charge on any atom is -0.481 e. The van der Waals surface area contributed by atoms with Crippen LogP contribution < -0.4 is 10.1 Å². The fourth-order valence-corrected chi connectivity index (χ4v) is 1.59. The highest BCUT2D eigenvalue weighted by Crippen LogP contribution is 2.17. The Morgan fingerprint density at radius 1 is 1.40 bits per heavy atom. The third-order valence-corrected chi connectivity index (χ3v) is 2.56. The summed E-state index contributed by atoms with van der Waals surface area (Å²) in [5.74, 6) is -0.709. The summed E-state index contributed by atoms with van der Waals surface area (Å²) in [4.78, 5) is 18.4. The number of carboxylic acids is 1. The van der Waals surface area contributed by atoms with Crippen molar-refractivity contribution in [3.8, 4) is 5.88 Å². The number of hydrogen-bond donors (Lipinski definition) is 2. The number of nitrogens with zero attached hydrogens (tertiary/aromatic N) is 2. The summed E-state index contributed by atoms with van der Waals surface area (Å²) in [6, 6.07) is 4.27. The molecule has 2 heterocycles. The van der Waals surface area contributed by atoms with Crippen molar-refractivity contribution in [1.29, 1.82) is 0 Å². The van der Waals surface area contributed by atoms with Crippen LogP contribution in [-0.4, -0.2) is 28.2 Å². The van der Waals surface area contributed by atoms with E-state index in [4.69, 9.17) is 9.84 Å². The SMILES string of the molecule is COc1ncc(F)cc1CNc1ccc(C(=O)O)cn1. The molecule has 0 unspecified atom stereocenters. The lowest BCUT2D eigenvalue weighted by Gasteiger charge is -2.09. The van der Waals surface area contributed by atoms with Crippen molar-refractivity contribution in [3.63, 3.8) is 0 Å². The summed E-state index contributed by atoms with van der Waals surface area (Å²) in [6.07, 6.45) is 2.31. The molecule has 2 aromatic heterocycles. The first-order chi connectivity index (χ1) is 9.60. The Kier molecular flexibility index (Phi) is 4.09. The Labute approximate surface area is 114 Å². The second kappa shape index (κ2) is 5.96. The fourth-order valence-electron chi connectivity index (χ4n) is 1.59. The van der Waals surface area contributed by atoms with E-state index in [0.717, 1.165) is 6.20 Å². The van der Waals surface area contributed by atoms with Crippen molar-refractivity contribution in [1.82, 2.24) is 9.97 Å². The molecule has 0 saturated carbocycles. The van der Waals surface area contributed by atoms with Gasteiger partial charge in [0.05, 0.1) is 18.9 Å². The predicted molar refractivity (Wildman–Crippen MR) is 69.3 cm³/mol. The number of ether oxygens (including phenoxy) is 1. The highest BCUT2D eigenvalue weighted by atomic mass is 19.1. The summed E-state index contributed by atoms with van der Waals surface area (Å²) in [5.41, 5.74) is 0.636. The number of aromatic nitrogens is 2. The van der Waals surface area contributed by atoms with Gasteiger partial charge < -0.3 is 15.2 Å². The van der Waals surface area contributed by atoms with Crippen molar-refractivity contribution in [2.75, 3.05) is 12.4 Å².